The van der Waals surface area contributed by atoms with Gasteiger partial charge < -0.3 is 24.3 Å². The number of thiophene rings is 1. The molecule has 178 valence electrons. The number of esters is 1. The fraction of sp³-hybridized carbons (Fsp3) is 0.500. The summed E-state index contributed by atoms with van der Waals surface area (Å²) in [6.07, 6.45) is 0.760. The Morgan fingerprint density at radius 1 is 1.18 bits per heavy atom. The predicted molar refractivity (Wildman–Crippen MR) is 125 cm³/mol. The molecule has 1 saturated heterocycles. The number of rotatable bonds is 7. The van der Waals surface area contributed by atoms with Crippen molar-refractivity contribution in [3.05, 3.63) is 39.8 Å². The summed E-state index contributed by atoms with van der Waals surface area (Å²) in [5.74, 6) is 0.869. The van der Waals surface area contributed by atoms with Gasteiger partial charge in [-0.05, 0) is 51.0 Å². The van der Waals surface area contributed by atoms with Crippen LogP contribution in [0.1, 0.15) is 47.1 Å². The first-order valence-electron chi connectivity index (χ1n) is 11.2. The summed E-state index contributed by atoms with van der Waals surface area (Å²) in [7, 11) is 0. The largest absolute Gasteiger partial charge is 0.462 e. The number of nitrogens with zero attached hydrogens (tertiary/aromatic N) is 1. The maximum atomic E-state index is 12.9. The van der Waals surface area contributed by atoms with E-state index < -0.39 is 5.97 Å². The highest BCUT2D eigenvalue weighted by Gasteiger charge is 2.27. The SMILES string of the molecule is CCOC(=O)c1c(NC(=O)CN2C[C@@H](C)O[C@@H](C)C2)sc(Cc2ccc3c(c2)OCO3)c1C. The molecule has 0 aliphatic carbocycles. The first-order chi connectivity index (χ1) is 15.8. The van der Waals surface area contributed by atoms with Gasteiger partial charge in [-0.3, -0.25) is 9.69 Å². The lowest BCUT2D eigenvalue weighted by atomic mass is 10.1. The molecular weight excluding hydrogens is 444 g/mol. The molecule has 2 aliphatic heterocycles. The van der Waals surface area contributed by atoms with Gasteiger partial charge in [0.1, 0.15) is 5.00 Å². The van der Waals surface area contributed by atoms with Crippen LogP contribution in [0.2, 0.25) is 0 Å². The molecule has 0 spiro atoms. The Balaban J connectivity index is 1.53. The third kappa shape index (κ3) is 5.48. The third-order valence-electron chi connectivity index (χ3n) is 5.64. The van der Waals surface area contributed by atoms with E-state index in [-0.39, 0.29) is 38.1 Å². The van der Waals surface area contributed by atoms with Gasteiger partial charge in [-0.15, -0.1) is 11.3 Å². The van der Waals surface area contributed by atoms with Gasteiger partial charge in [-0.1, -0.05) is 6.07 Å². The van der Waals surface area contributed by atoms with E-state index in [0.29, 0.717) is 30.1 Å². The van der Waals surface area contributed by atoms with E-state index in [2.05, 4.69) is 10.2 Å². The molecule has 2 aliphatic rings. The smallest absolute Gasteiger partial charge is 0.341 e. The van der Waals surface area contributed by atoms with Crippen molar-refractivity contribution in [2.75, 3.05) is 38.4 Å². The fourth-order valence-corrected chi connectivity index (χ4v) is 5.53. The van der Waals surface area contributed by atoms with Crippen molar-refractivity contribution >= 4 is 28.2 Å². The molecule has 0 bridgehead atoms. The Labute approximate surface area is 197 Å². The number of fused-ring (bicyclic) bond motifs is 1. The second-order valence-electron chi connectivity index (χ2n) is 8.44. The molecule has 1 aromatic carbocycles. The molecule has 1 aromatic heterocycles. The van der Waals surface area contributed by atoms with Gasteiger partial charge in [0.05, 0.1) is 30.9 Å². The van der Waals surface area contributed by atoms with Gasteiger partial charge in [-0.25, -0.2) is 4.79 Å². The predicted octanol–water partition coefficient (Wildman–Crippen LogP) is 3.60. The van der Waals surface area contributed by atoms with Crippen molar-refractivity contribution in [3.8, 4) is 11.5 Å². The van der Waals surface area contributed by atoms with Gasteiger partial charge in [0.25, 0.3) is 0 Å². The number of carbonyl (C=O) groups is 2. The highest BCUT2D eigenvalue weighted by molar-refractivity contribution is 7.17. The van der Waals surface area contributed by atoms with Gasteiger partial charge in [-0.2, -0.15) is 0 Å². The standard InChI is InChI=1S/C24H30N2O6S/c1-5-29-24(28)22-16(4)20(9-17-6-7-18-19(8-17)31-13-30-18)33-23(22)25-21(27)12-26-10-14(2)32-15(3)11-26/h6-8,14-15H,5,9-13H2,1-4H3,(H,25,27)/t14-,15+. The Bertz CT molecular complexity index is 1030. The zero-order valence-corrected chi connectivity index (χ0v) is 20.3. The topological polar surface area (TPSA) is 86.3 Å². The molecule has 33 heavy (non-hydrogen) atoms. The van der Waals surface area contributed by atoms with Crippen LogP contribution in [0.5, 0.6) is 11.5 Å². The van der Waals surface area contributed by atoms with Crippen LogP contribution < -0.4 is 14.8 Å². The molecule has 1 fully saturated rings. The molecular formula is C24H30N2O6S. The van der Waals surface area contributed by atoms with E-state index in [0.717, 1.165) is 27.5 Å². The number of hydrogen-bond acceptors (Lipinski definition) is 8. The second-order valence-corrected chi connectivity index (χ2v) is 9.54. The minimum absolute atomic E-state index is 0.0777. The van der Waals surface area contributed by atoms with Crippen molar-refractivity contribution in [1.82, 2.24) is 4.90 Å². The number of nitrogens with one attached hydrogen (secondary N) is 1. The van der Waals surface area contributed by atoms with E-state index in [1.807, 2.05) is 39.0 Å². The number of ether oxygens (including phenoxy) is 4. The minimum Gasteiger partial charge on any atom is -0.462 e. The quantitative estimate of drug-likeness (QED) is 0.614. The molecule has 9 heteroatoms. The van der Waals surface area contributed by atoms with Gasteiger partial charge >= 0.3 is 5.97 Å². The Morgan fingerprint density at radius 3 is 2.64 bits per heavy atom. The molecule has 0 unspecified atom stereocenters. The van der Waals surface area contributed by atoms with Crippen molar-refractivity contribution < 1.29 is 28.5 Å². The summed E-state index contributed by atoms with van der Waals surface area (Å²) >= 11 is 1.41. The van der Waals surface area contributed by atoms with E-state index in [9.17, 15) is 9.59 Å². The lowest BCUT2D eigenvalue weighted by Crippen LogP contribution is -2.48. The van der Waals surface area contributed by atoms with Crippen LogP contribution in [0.15, 0.2) is 18.2 Å². The number of amides is 1. The summed E-state index contributed by atoms with van der Waals surface area (Å²) in [4.78, 5) is 28.7. The number of anilines is 1. The summed E-state index contributed by atoms with van der Waals surface area (Å²) in [5, 5.41) is 3.50. The van der Waals surface area contributed by atoms with Crippen LogP contribution in [0.3, 0.4) is 0 Å². The molecule has 4 rings (SSSR count). The monoisotopic (exact) mass is 474 g/mol. The molecule has 0 radical (unpaired) electrons. The number of benzene rings is 1. The van der Waals surface area contributed by atoms with Gasteiger partial charge in [0.15, 0.2) is 11.5 Å². The summed E-state index contributed by atoms with van der Waals surface area (Å²) in [6, 6.07) is 5.82. The number of carbonyl (C=O) groups excluding carboxylic acids is 2. The molecule has 1 amide bonds. The number of hydrogen-bond donors (Lipinski definition) is 1. The first kappa shape index (κ1) is 23.5. The van der Waals surface area contributed by atoms with Crippen LogP contribution in [0, 0.1) is 6.92 Å². The van der Waals surface area contributed by atoms with E-state index in [1.54, 1.807) is 6.92 Å². The second kappa shape index (κ2) is 10.1. The van der Waals surface area contributed by atoms with Crippen LogP contribution in [0.25, 0.3) is 0 Å². The Morgan fingerprint density at radius 2 is 1.91 bits per heavy atom. The molecule has 2 aromatic rings. The summed E-state index contributed by atoms with van der Waals surface area (Å²) < 4.78 is 21.9. The highest BCUT2D eigenvalue weighted by atomic mass is 32.1. The average molecular weight is 475 g/mol. The van der Waals surface area contributed by atoms with E-state index in [1.165, 1.54) is 11.3 Å². The zero-order valence-electron chi connectivity index (χ0n) is 19.4. The summed E-state index contributed by atoms with van der Waals surface area (Å²) in [6.45, 7) is 9.80. The fourth-order valence-electron chi connectivity index (χ4n) is 4.29. The number of morpholine rings is 1. The first-order valence-corrected chi connectivity index (χ1v) is 12.0. The maximum Gasteiger partial charge on any atom is 0.341 e. The lowest BCUT2D eigenvalue weighted by molar-refractivity contribution is -0.121. The average Bonchev–Trinajstić information content (AvgIpc) is 3.31. The normalized spacial score (nSPS) is 20.0. The zero-order chi connectivity index (χ0) is 23.5. The van der Waals surface area contributed by atoms with Crippen molar-refractivity contribution in [1.29, 1.82) is 0 Å². The van der Waals surface area contributed by atoms with Crippen molar-refractivity contribution in [2.45, 2.75) is 46.3 Å². The molecule has 2 atom stereocenters. The minimum atomic E-state index is -0.424. The van der Waals surface area contributed by atoms with Crippen LogP contribution >= 0.6 is 11.3 Å². The van der Waals surface area contributed by atoms with Crippen LogP contribution in [-0.2, 0) is 20.7 Å². The molecule has 8 nitrogen and oxygen atoms in total. The Kier molecular flexibility index (Phi) is 7.21. The Hall–Kier alpha value is -2.62. The van der Waals surface area contributed by atoms with Crippen molar-refractivity contribution in [2.24, 2.45) is 0 Å². The van der Waals surface area contributed by atoms with Gasteiger partial charge in [0.2, 0.25) is 12.7 Å². The lowest BCUT2D eigenvalue weighted by Gasteiger charge is -2.34. The summed E-state index contributed by atoms with van der Waals surface area (Å²) in [5.41, 5.74) is 2.28. The molecule has 1 N–H and O–H groups in total. The van der Waals surface area contributed by atoms with Gasteiger partial charge in [0, 0.05) is 24.4 Å². The highest BCUT2D eigenvalue weighted by Crippen LogP contribution is 2.37. The van der Waals surface area contributed by atoms with E-state index in [4.69, 9.17) is 18.9 Å². The molecule has 3 heterocycles. The molecule has 0 saturated carbocycles. The van der Waals surface area contributed by atoms with Crippen LogP contribution in [0.4, 0.5) is 5.00 Å². The third-order valence-corrected chi connectivity index (χ3v) is 6.85. The van der Waals surface area contributed by atoms with Crippen LogP contribution in [-0.4, -0.2) is 62.0 Å². The van der Waals surface area contributed by atoms with Crippen molar-refractivity contribution in [3.63, 3.8) is 0 Å². The maximum absolute atomic E-state index is 12.9. The van der Waals surface area contributed by atoms with E-state index >= 15 is 0 Å².